The van der Waals surface area contributed by atoms with Gasteiger partial charge in [-0.15, -0.1) is 11.3 Å². The summed E-state index contributed by atoms with van der Waals surface area (Å²) >= 11 is 7.20. The number of carbonyl (C=O) groups excluding carboxylic acids is 1. The monoisotopic (exact) mass is 357 g/mol. The molecule has 1 aromatic heterocycles. The van der Waals surface area contributed by atoms with E-state index in [2.05, 4.69) is 4.72 Å². The maximum absolute atomic E-state index is 12.1. The summed E-state index contributed by atoms with van der Waals surface area (Å²) in [6, 6.07) is 9.76. The number of thiophene rings is 1. The van der Waals surface area contributed by atoms with Crippen LogP contribution in [0.5, 0.6) is 0 Å². The fourth-order valence-corrected chi connectivity index (χ4v) is 4.01. The Hall–Kier alpha value is -1.21. The van der Waals surface area contributed by atoms with E-state index in [0.717, 1.165) is 16.2 Å². The number of Topliss-reactive ketones (excluding diaryl/α,β-unsaturated/α-hetero) is 1. The van der Waals surface area contributed by atoms with Crippen molar-refractivity contribution in [2.45, 2.75) is 24.7 Å². The molecule has 4 nitrogen and oxygen atoms in total. The molecule has 0 aliphatic rings. The van der Waals surface area contributed by atoms with Crippen molar-refractivity contribution in [1.29, 1.82) is 0 Å². The van der Waals surface area contributed by atoms with E-state index in [4.69, 9.17) is 11.6 Å². The van der Waals surface area contributed by atoms with Crippen molar-refractivity contribution in [3.05, 3.63) is 51.2 Å². The Morgan fingerprint density at radius 3 is 2.45 bits per heavy atom. The number of hydrogen-bond donors (Lipinski definition) is 1. The second-order valence-electron chi connectivity index (χ2n) is 4.78. The topological polar surface area (TPSA) is 63.2 Å². The average molecular weight is 358 g/mol. The van der Waals surface area contributed by atoms with Crippen molar-refractivity contribution >= 4 is 38.7 Å². The van der Waals surface area contributed by atoms with E-state index in [0.29, 0.717) is 18.0 Å². The minimum Gasteiger partial charge on any atom is -0.294 e. The SMILES string of the molecule is CC(=O)c1ccc(CCCNS(=O)(=O)c2ccc(Cl)cc2)s1. The summed E-state index contributed by atoms with van der Waals surface area (Å²) in [6.07, 6.45) is 1.41. The molecule has 1 N–H and O–H groups in total. The predicted molar refractivity (Wildman–Crippen MR) is 89.3 cm³/mol. The van der Waals surface area contributed by atoms with Gasteiger partial charge in [-0.3, -0.25) is 4.79 Å². The minimum absolute atomic E-state index is 0.0553. The van der Waals surface area contributed by atoms with Gasteiger partial charge in [-0.25, -0.2) is 13.1 Å². The van der Waals surface area contributed by atoms with Crippen LogP contribution in [0.25, 0.3) is 0 Å². The van der Waals surface area contributed by atoms with Gasteiger partial charge in [0.1, 0.15) is 0 Å². The van der Waals surface area contributed by atoms with Crippen LogP contribution in [0.3, 0.4) is 0 Å². The van der Waals surface area contributed by atoms with Crippen LogP contribution in [0.15, 0.2) is 41.3 Å². The molecular weight excluding hydrogens is 342 g/mol. The molecule has 118 valence electrons. The number of halogens is 1. The van der Waals surface area contributed by atoms with Crippen LogP contribution in [-0.4, -0.2) is 20.7 Å². The zero-order valence-corrected chi connectivity index (χ0v) is 14.4. The zero-order valence-electron chi connectivity index (χ0n) is 12.0. The first-order valence-electron chi connectivity index (χ1n) is 6.73. The molecule has 0 fully saturated rings. The number of hydrogen-bond acceptors (Lipinski definition) is 4. The van der Waals surface area contributed by atoms with E-state index in [-0.39, 0.29) is 10.7 Å². The Kier molecular flexibility index (Phi) is 5.74. The van der Waals surface area contributed by atoms with Crippen molar-refractivity contribution < 1.29 is 13.2 Å². The minimum atomic E-state index is -3.50. The first-order chi connectivity index (χ1) is 10.4. The standard InChI is InChI=1S/C15H16ClNO3S2/c1-11(18)15-9-6-13(21-15)3-2-10-17-22(19,20)14-7-4-12(16)5-8-14/h4-9,17H,2-3,10H2,1H3. The Morgan fingerprint density at radius 2 is 1.86 bits per heavy atom. The molecule has 2 aromatic rings. The number of carbonyl (C=O) groups is 1. The molecular formula is C15H16ClNO3S2. The summed E-state index contributed by atoms with van der Waals surface area (Å²) in [5.74, 6) is 0.0553. The van der Waals surface area contributed by atoms with Gasteiger partial charge < -0.3 is 0 Å². The van der Waals surface area contributed by atoms with E-state index in [9.17, 15) is 13.2 Å². The normalized spacial score (nSPS) is 11.5. The van der Waals surface area contributed by atoms with E-state index in [1.165, 1.54) is 30.4 Å². The predicted octanol–water partition coefficient (Wildman–Crippen LogP) is 3.52. The maximum Gasteiger partial charge on any atom is 0.240 e. The Balaban J connectivity index is 1.85. The number of aryl methyl sites for hydroxylation is 1. The van der Waals surface area contributed by atoms with E-state index in [1.54, 1.807) is 18.2 Å². The van der Waals surface area contributed by atoms with Crippen LogP contribution >= 0.6 is 22.9 Å². The third-order valence-corrected chi connectivity index (χ3v) is 6.00. The van der Waals surface area contributed by atoms with Gasteiger partial charge in [0.25, 0.3) is 0 Å². The summed E-state index contributed by atoms with van der Waals surface area (Å²) < 4.78 is 26.7. The Labute approximate surface area is 139 Å². The van der Waals surface area contributed by atoms with Crippen LogP contribution in [-0.2, 0) is 16.4 Å². The Morgan fingerprint density at radius 1 is 1.18 bits per heavy atom. The number of benzene rings is 1. The summed E-state index contributed by atoms with van der Waals surface area (Å²) in [6.45, 7) is 1.88. The fourth-order valence-electron chi connectivity index (χ4n) is 1.87. The molecule has 1 heterocycles. The molecule has 0 unspecified atom stereocenters. The van der Waals surface area contributed by atoms with Crippen LogP contribution in [0, 0.1) is 0 Å². The van der Waals surface area contributed by atoms with Gasteiger partial charge >= 0.3 is 0 Å². The van der Waals surface area contributed by atoms with Crippen molar-refractivity contribution in [1.82, 2.24) is 4.72 Å². The van der Waals surface area contributed by atoms with Crippen LogP contribution < -0.4 is 4.72 Å². The van der Waals surface area contributed by atoms with Crippen molar-refractivity contribution in [2.75, 3.05) is 6.54 Å². The molecule has 1 aromatic carbocycles. The van der Waals surface area contributed by atoms with Crippen molar-refractivity contribution in [3.63, 3.8) is 0 Å². The highest BCUT2D eigenvalue weighted by Gasteiger charge is 2.13. The highest BCUT2D eigenvalue weighted by Crippen LogP contribution is 2.18. The summed E-state index contributed by atoms with van der Waals surface area (Å²) in [5.41, 5.74) is 0. The molecule has 0 spiro atoms. The molecule has 0 aliphatic carbocycles. The molecule has 0 amide bonds. The van der Waals surface area contributed by atoms with Gasteiger partial charge in [0.2, 0.25) is 10.0 Å². The van der Waals surface area contributed by atoms with Gasteiger partial charge in [0, 0.05) is 16.4 Å². The number of rotatable bonds is 7. The highest BCUT2D eigenvalue weighted by molar-refractivity contribution is 7.89. The van der Waals surface area contributed by atoms with E-state index < -0.39 is 10.0 Å². The zero-order chi connectivity index (χ0) is 16.2. The number of sulfonamides is 1. The molecule has 0 atom stereocenters. The first-order valence-corrected chi connectivity index (χ1v) is 9.41. The molecule has 0 bridgehead atoms. The lowest BCUT2D eigenvalue weighted by Gasteiger charge is -2.06. The van der Waals surface area contributed by atoms with Gasteiger partial charge in [-0.2, -0.15) is 0 Å². The summed E-state index contributed by atoms with van der Waals surface area (Å²) in [5, 5.41) is 0.498. The third kappa shape index (κ3) is 4.64. The van der Waals surface area contributed by atoms with Gasteiger partial charge in [0.15, 0.2) is 5.78 Å². The lowest BCUT2D eigenvalue weighted by Crippen LogP contribution is -2.25. The van der Waals surface area contributed by atoms with E-state index >= 15 is 0 Å². The van der Waals surface area contributed by atoms with Gasteiger partial charge in [-0.05, 0) is 56.2 Å². The number of ketones is 1. The van der Waals surface area contributed by atoms with Crippen molar-refractivity contribution in [2.24, 2.45) is 0 Å². The van der Waals surface area contributed by atoms with Crippen LogP contribution in [0.2, 0.25) is 5.02 Å². The average Bonchev–Trinajstić information content (AvgIpc) is 2.93. The van der Waals surface area contributed by atoms with E-state index in [1.807, 2.05) is 6.07 Å². The quantitative estimate of drug-likeness (QED) is 0.609. The molecule has 0 saturated carbocycles. The maximum atomic E-state index is 12.1. The lowest BCUT2D eigenvalue weighted by atomic mass is 10.2. The molecule has 0 radical (unpaired) electrons. The lowest BCUT2D eigenvalue weighted by molar-refractivity contribution is 0.102. The summed E-state index contributed by atoms with van der Waals surface area (Å²) in [4.78, 5) is 13.2. The number of nitrogens with one attached hydrogen (secondary N) is 1. The Bertz CT molecular complexity index is 751. The molecule has 0 aliphatic heterocycles. The second-order valence-corrected chi connectivity index (χ2v) is 8.15. The van der Waals surface area contributed by atoms with Gasteiger partial charge in [0.05, 0.1) is 9.77 Å². The van der Waals surface area contributed by atoms with Crippen molar-refractivity contribution in [3.8, 4) is 0 Å². The largest absolute Gasteiger partial charge is 0.294 e. The highest BCUT2D eigenvalue weighted by atomic mass is 35.5. The molecule has 7 heteroatoms. The summed E-state index contributed by atoms with van der Waals surface area (Å²) in [7, 11) is -3.50. The third-order valence-electron chi connectivity index (χ3n) is 3.02. The van der Waals surface area contributed by atoms with Crippen LogP contribution in [0.1, 0.15) is 27.9 Å². The van der Waals surface area contributed by atoms with Crippen LogP contribution in [0.4, 0.5) is 0 Å². The smallest absolute Gasteiger partial charge is 0.240 e. The molecule has 2 rings (SSSR count). The first kappa shape index (κ1) is 17.1. The fraction of sp³-hybridized carbons (Fsp3) is 0.267. The molecule has 0 saturated heterocycles. The van der Waals surface area contributed by atoms with Gasteiger partial charge in [-0.1, -0.05) is 11.6 Å². The molecule has 22 heavy (non-hydrogen) atoms. The second kappa shape index (κ2) is 7.37.